The summed E-state index contributed by atoms with van der Waals surface area (Å²) in [6.07, 6.45) is 5.57. The summed E-state index contributed by atoms with van der Waals surface area (Å²) in [4.78, 5) is 10.8. The molecule has 0 saturated heterocycles. The molecule has 0 aliphatic heterocycles. The monoisotopic (exact) mass is 326 g/mol. The molecule has 0 bridgehead atoms. The van der Waals surface area contributed by atoms with Gasteiger partial charge in [0.05, 0.1) is 11.5 Å². The van der Waals surface area contributed by atoms with E-state index in [4.69, 9.17) is 21.1 Å². The van der Waals surface area contributed by atoms with Crippen LogP contribution in [0.4, 0.5) is 0 Å². The molecule has 2 heterocycles. The molecule has 1 fully saturated rings. The summed E-state index contributed by atoms with van der Waals surface area (Å²) in [6, 6.07) is 2.11. The molecule has 1 aliphatic rings. The standard InChI is InChI=1S/C15H19ClN2O2S/c1-3-11-8-12-13(17-15(16)18-14(12)21-11)20-10-6-4-5-9(7-10)19-2/h8-10H,3-7H2,1-2H3. The number of methoxy groups -OCH3 is 1. The smallest absolute Gasteiger partial charge is 0.227 e. The Labute approximate surface area is 133 Å². The second kappa shape index (κ2) is 6.46. The summed E-state index contributed by atoms with van der Waals surface area (Å²) in [5.41, 5.74) is 0. The lowest BCUT2D eigenvalue weighted by Crippen LogP contribution is -2.29. The Morgan fingerprint density at radius 3 is 2.90 bits per heavy atom. The third-order valence-corrected chi connectivity index (χ3v) is 5.26. The van der Waals surface area contributed by atoms with Gasteiger partial charge >= 0.3 is 0 Å². The molecular formula is C15H19ClN2O2S. The van der Waals surface area contributed by atoms with Crippen molar-refractivity contribution in [3.05, 3.63) is 16.2 Å². The van der Waals surface area contributed by atoms with Crippen molar-refractivity contribution in [3.63, 3.8) is 0 Å². The minimum Gasteiger partial charge on any atom is -0.474 e. The van der Waals surface area contributed by atoms with E-state index in [1.165, 1.54) is 4.88 Å². The SMILES string of the molecule is CCc1cc2c(OC3CCCC(OC)C3)nc(Cl)nc2s1. The number of aromatic nitrogens is 2. The second-order valence-electron chi connectivity index (χ2n) is 5.35. The number of halogens is 1. The Hall–Kier alpha value is -0.910. The van der Waals surface area contributed by atoms with Crippen LogP contribution >= 0.6 is 22.9 Å². The summed E-state index contributed by atoms with van der Waals surface area (Å²) in [7, 11) is 1.76. The van der Waals surface area contributed by atoms with Gasteiger partial charge in [0.15, 0.2) is 0 Å². The number of aryl methyl sites for hydroxylation is 1. The fourth-order valence-electron chi connectivity index (χ4n) is 2.77. The van der Waals surface area contributed by atoms with Gasteiger partial charge in [-0.05, 0) is 43.4 Å². The first kappa shape index (κ1) is 15.0. The van der Waals surface area contributed by atoms with E-state index in [1.807, 2.05) is 0 Å². The lowest BCUT2D eigenvalue weighted by molar-refractivity contribution is 0.0200. The highest BCUT2D eigenvalue weighted by Gasteiger charge is 2.24. The molecule has 0 radical (unpaired) electrons. The molecule has 1 saturated carbocycles. The summed E-state index contributed by atoms with van der Waals surface area (Å²) in [5.74, 6) is 0.614. The maximum atomic E-state index is 6.13. The lowest BCUT2D eigenvalue weighted by atomic mass is 9.95. The van der Waals surface area contributed by atoms with Crippen molar-refractivity contribution in [1.29, 1.82) is 0 Å². The van der Waals surface area contributed by atoms with Crippen molar-refractivity contribution in [2.75, 3.05) is 7.11 Å². The van der Waals surface area contributed by atoms with E-state index >= 15 is 0 Å². The van der Waals surface area contributed by atoms with Crippen LogP contribution in [0.5, 0.6) is 5.88 Å². The summed E-state index contributed by atoms with van der Waals surface area (Å²) < 4.78 is 11.6. The number of fused-ring (bicyclic) bond motifs is 1. The molecule has 3 rings (SSSR count). The molecule has 1 aliphatic carbocycles. The van der Waals surface area contributed by atoms with E-state index in [0.29, 0.717) is 5.88 Å². The zero-order valence-electron chi connectivity index (χ0n) is 12.3. The Morgan fingerprint density at radius 1 is 1.33 bits per heavy atom. The van der Waals surface area contributed by atoms with Crippen LogP contribution in [0.15, 0.2) is 6.07 Å². The molecule has 0 aromatic carbocycles. The van der Waals surface area contributed by atoms with Crippen LogP contribution in [-0.4, -0.2) is 29.3 Å². The second-order valence-corrected chi connectivity index (χ2v) is 6.80. The molecule has 2 aromatic rings. The molecule has 0 spiro atoms. The average Bonchev–Trinajstić information content (AvgIpc) is 2.90. The van der Waals surface area contributed by atoms with E-state index in [-0.39, 0.29) is 17.5 Å². The van der Waals surface area contributed by atoms with Crippen molar-refractivity contribution in [3.8, 4) is 5.88 Å². The van der Waals surface area contributed by atoms with Gasteiger partial charge in [0.2, 0.25) is 11.2 Å². The van der Waals surface area contributed by atoms with Gasteiger partial charge in [-0.1, -0.05) is 6.92 Å². The first-order valence-electron chi connectivity index (χ1n) is 7.35. The minimum atomic E-state index is 0.142. The molecule has 6 heteroatoms. The summed E-state index contributed by atoms with van der Waals surface area (Å²) in [5, 5.41) is 1.22. The highest BCUT2D eigenvalue weighted by Crippen LogP contribution is 2.34. The third-order valence-electron chi connectivity index (χ3n) is 3.92. The number of hydrogen-bond donors (Lipinski definition) is 0. The topological polar surface area (TPSA) is 44.2 Å². The summed E-state index contributed by atoms with van der Waals surface area (Å²) in [6.45, 7) is 2.13. The number of thiophene rings is 1. The zero-order chi connectivity index (χ0) is 14.8. The molecule has 2 aromatic heterocycles. The van der Waals surface area contributed by atoms with Gasteiger partial charge in [0.1, 0.15) is 10.9 Å². The van der Waals surface area contributed by atoms with E-state index in [2.05, 4.69) is 23.0 Å². The van der Waals surface area contributed by atoms with Crippen LogP contribution < -0.4 is 4.74 Å². The van der Waals surface area contributed by atoms with E-state index < -0.39 is 0 Å². The predicted molar refractivity (Wildman–Crippen MR) is 85.5 cm³/mol. The fraction of sp³-hybridized carbons (Fsp3) is 0.600. The normalized spacial score (nSPS) is 22.6. The van der Waals surface area contributed by atoms with E-state index in [0.717, 1.165) is 42.3 Å². The molecule has 4 nitrogen and oxygen atoms in total. The van der Waals surface area contributed by atoms with E-state index in [1.54, 1.807) is 18.4 Å². The van der Waals surface area contributed by atoms with E-state index in [9.17, 15) is 0 Å². The average molecular weight is 327 g/mol. The van der Waals surface area contributed by atoms with Gasteiger partial charge in [0.25, 0.3) is 0 Å². The molecule has 2 atom stereocenters. The van der Waals surface area contributed by atoms with Gasteiger partial charge in [-0.25, -0.2) is 4.98 Å². The lowest BCUT2D eigenvalue weighted by Gasteiger charge is -2.28. The predicted octanol–water partition coefficient (Wildman–Crippen LogP) is 4.24. The molecular weight excluding hydrogens is 308 g/mol. The Morgan fingerprint density at radius 2 is 2.14 bits per heavy atom. The van der Waals surface area contributed by atoms with Crippen molar-refractivity contribution < 1.29 is 9.47 Å². The van der Waals surface area contributed by atoms with Crippen LogP contribution in [0.25, 0.3) is 10.2 Å². The molecule has 114 valence electrons. The number of rotatable bonds is 4. The highest BCUT2D eigenvalue weighted by molar-refractivity contribution is 7.18. The van der Waals surface area contributed by atoms with Crippen molar-refractivity contribution in [2.24, 2.45) is 0 Å². The van der Waals surface area contributed by atoms with Crippen molar-refractivity contribution in [1.82, 2.24) is 9.97 Å². The largest absolute Gasteiger partial charge is 0.474 e. The summed E-state index contributed by atoms with van der Waals surface area (Å²) >= 11 is 7.68. The molecule has 0 N–H and O–H groups in total. The Bertz CT molecular complexity index is 631. The van der Waals surface area contributed by atoms with Crippen LogP contribution in [0, 0.1) is 0 Å². The fourth-order valence-corrected chi connectivity index (χ4v) is 3.93. The molecule has 2 unspecified atom stereocenters. The van der Waals surface area contributed by atoms with Crippen molar-refractivity contribution >= 4 is 33.2 Å². The Balaban J connectivity index is 1.87. The van der Waals surface area contributed by atoms with Crippen LogP contribution in [0.1, 0.15) is 37.5 Å². The van der Waals surface area contributed by atoms with Gasteiger partial charge in [-0.2, -0.15) is 4.98 Å². The number of nitrogens with zero attached hydrogens (tertiary/aromatic N) is 2. The molecule has 0 amide bonds. The van der Waals surface area contributed by atoms with Gasteiger partial charge in [-0.15, -0.1) is 11.3 Å². The van der Waals surface area contributed by atoms with Crippen molar-refractivity contribution in [2.45, 2.75) is 51.2 Å². The zero-order valence-corrected chi connectivity index (χ0v) is 13.8. The first-order chi connectivity index (χ1) is 10.2. The highest BCUT2D eigenvalue weighted by atomic mass is 35.5. The maximum Gasteiger partial charge on any atom is 0.227 e. The van der Waals surface area contributed by atoms with Crippen LogP contribution in [-0.2, 0) is 11.2 Å². The third kappa shape index (κ3) is 3.30. The maximum absolute atomic E-state index is 6.13. The van der Waals surface area contributed by atoms with Gasteiger partial charge < -0.3 is 9.47 Å². The van der Waals surface area contributed by atoms with Crippen LogP contribution in [0.3, 0.4) is 0 Å². The first-order valence-corrected chi connectivity index (χ1v) is 8.54. The molecule has 21 heavy (non-hydrogen) atoms. The number of hydrogen-bond acceptors (Lipinski definition) is 5. The Kier molecular flexibility index (Phi) is 4.62. The quantitative estimate of drug-likeness (QED) is 0.788. The van der Waals surface area contributed by atoms with Gasteiger partial charge in [-0.3, -0.25) is 0 Å². The number of ether oxygens (including phenoxy) is 2. The van der Waals surface area contributed by atoms with Gasteiger partial charge in [0, 0.05) is 18.4 Å². The van der Waals surface area contributed by atoms with Crippen LogP contribution in [0.2, 0.25) is 5.28 Å². The minimum absolute atomic E-state index is 0.142.